The van der Waals surface area contributed by atoms with E-state index >= 15 is 0 Å². The van der Waals surface area contributed by atoms with Crippen LogP contribution in [0.1, 0.15) is 10.4 Å². The number of fused-ring (bicyclic) bond motifs is 1. The first kappa shape index (κ1) is 14.9. The highest BCUT2D eigenvalue weighted by molar-refractivity contribution is 7.71. The number of nitrogens with zero attached hydrogens (tertiary/aromatic N) is 2. The minimum atomic E-state index is -0.00701. The summed E-state index contributed by atoms with van der Waals surface area (Å²) in [7, 11) is 2.06. The molecule has 21 heavy (non-hydrogen) atoms. The number of thiophene rings is 1. The van der Waals surface area contributed by atoms with E-state index in [0.717, 1.165) is 33.7 Å². The molecule has 1 saturated heterocycles. The van der Waals surface area contributed by atoms with Crippen molar-refractivity contribution in [2.45, 2.75) is 26.5 Å². The molecule has 0 spiro atoms. The van der Waals surface area contributed by atoms with E-state index in [1.165, 1.54) is 0 Å². The number of hydrogen-bond donors (Lipinski definition) is 1. The topological polar surface area (TPSA) is 50.3 Å². The number of nitrogens with one attached hydrogen (secondary N) is 1. The Kier molecular flexibility index (Phi) is 4.00. The largest absolute Gasteiger partial charge is 0.374 e. The first-order valence-electron chi connectivity index (χ1n) is 7.00. The number of hydrogen-bond acceptors (Lipinski definition) is 5. The molecule has 3 heterocycles. The van der Waals surface area contributed by atoms with E-state index in [-0.39, 0.29) is 11.7 Å². The fourth-order valence-corrected chi connectivity index (χ4v) is 4.09. The van der Waals surface area contributed by atoms with Crippen molar-refractivity contribution < 1.29 is 4.74 Å². The fraction of sp³-hybridized carbons (Fsp3) is 0.571. The quantitative estimate of drug-likeness (QED) is 0.859. The van der Waals surface area contributed by atoms with Crippen LogP contribution in [0.2, 0.25) is 0 Å². The summed E-state index contributed by atoms with van der Waals surface area (Å²) in [5.41, 5.74) is 1.04. The lowest BCUT2D eigenvalue weighted by molar-refractivity contribution is -0.0281. The highest BCUT2D eigenvalue weighted by Gasteiger charge is 2.20. The third-order valence-corrected chi connectivity index (χ3v) is 5.48. The van der Waals surface area contributed by atoms with E-state index in [1.807, 2.05) is 13.8 Å². The van der Waals surface area contributed by atoms with Gasteiger partial charge in [-0.25, -0.2) is 0 Å². The van der Waals surface area contributed by atoms with Crippen LogP contribution in [-0.4, -0.2) is 47.3 Å². The predicted octanol–water partition coefficient (Wildman–Crippen LogP) is 2.07. The molecule has 0 bridgehead atoms. The van der Waals surface area contributed by atoms with Gasteiger partial charge in [0.2, 0.25) is 0 Å². The van der Waals surface area contributed by atoms with E-state index in [0.29, 0.717) is 17.9 Å². The number of aromatic amines is 1. The Bertz CT molecular complexity index is 790. The lowest BCUT2D eigenvalue weighted by Gasteiger charge is -2.30. The molecule has 0 amide bonds. The maximum atomic E-state index is 12.8. The summed E-state index contributed by atoms with van der Waals surface area (Å²) in [6, 6.07) is 0. The van der Waals surface area contributed by atoms with Crippen LogP contribution in [0, 0.1) is 18.6 Å². The van der Waals surface area contributed by atoms with E-state index in [1.54, 1.807) is 15.9 Å². The number of ether oxygens (including phenoxy) is 1. The van der Waals surface area contributed by atoms with Gasteiger partial charge in [0.15, 0.2) is 4.77 Å². The molecule has 1 N–H and O–H groups in total. The molecule has 0 aromatic carbocycles. The molecule has 0 saturated carbocycles. The van der Waals surface area contributed by atoms with Gasteiger partial charge in [-0.3, -0.25) is 9.36 Å². The van der Waals surface area contributed by atoms with E-state index < -0.39 is 0 Å². The van der Waals surface area contributed by atoms with Gasteiger partial charge in [0, 0.05) is 18.0 Å². The van der Waals surface area contributed by atoms with Crippen molar-refractivity contribution in [3.8, 4) is 0 Å². The standard InChI is InChI=1S/C14H19N3O2S2/c1-8-9(2)21-12-11(8)13(18)17(14(20)15-12)7-10-6-16(3)4-5-19-10/h10H,4-7H2,1-3H3,(H,15,20). The van der Waals surface area contributed by atoms with Crippen molar-refractivity contribution in [3.63, 3.8) is 0 Å². The lowest BCUT2D eigenvalue weighted by atomic mass is 10.2. The Morgan fingerprint density at radius 1 is 1.48 bits per heavy atom. The van der Waals surface area contributed by atoms with Gasteiger partial charge in [0.05, 0.1) is 24.6 Å². The average molecular weight is 325 g/mol. The summed E-state index contributed by atoms with van der Waals surface area (Å²) in [6.45, 7) is 6.97. The van der Waals surface area contributed by atoms with Crippen LogP contribution in [0.3, 0.4) is 0 Å². The van der Waals surface area contributed by atoms with Gasteiger partial charge in [-0.2, -0.15) is 0 Å². The van der Waals surface area contributed by atoms with Crippen molar-refractivity contribution in [3.05, 3.63) is 25.6 Å². The van der Waals surface area contributed by atoms with Crippen LogP contribution >= 0.6 is 23.6 Å². The molecule has 1 atom stereocenters. The molecule has 0 radical (unpaired) electrons. The Hall–Kier alpha value is -1.02. The monoisotopic (exact) mass is 325 g/mol. The van der Waals surface area contributed by atoms with Crippen molar-refractivity contribution in [1.82, 2.24) is 14.5 Å². The first-order valence-corrected chi connectivity index (χ1v) is 8.23. The number of aromatic nitrogens is 2. The van der Waals surface area contributed by atoms with Crippen LogP contribution in [0.4, 0.5) is 0 Å². The third kappa shape index (κ3) is 2.70. The van der Waals surface area contributed by atoms with Gasteiger partial charge < -0.3 is 14.6 Å². The van der Waals surface area contributed by atoms with Gasteiger partial charge in [-0.15, -0.1) is 11.3 Å². The Morgan fingerprint density at radius 2 is 2.24 bits per heavy atom. The predicted molar refractivity (Wildman–Crippen MR) is 88.0 cm³/mol. The molecule has 1 aliphatic heterocycles. The molecule has 2 aromatic heterocycles. The lowest BCUT2D eigenvalue weighted by Crippen LogP contribution is -2.43. The molecule has 1 fully saturated rings. The molecule has 7 heteroatoms. The van der Waals surface area contributed by atoms with Crippen molar-refractivity contribution >= 4 is 33.8 Å². The molecule has 1 aliphatic rings. The van der Waals surface area contributed by atoms with E-state index in [9.17, 15) is 4.79 Å². The van der Waals surface area contributed by atoms with Crippen LogP contribution in [-0.2, 0) is 11.3 Å². The zero-order chi connectivity index (χ0) is 15.1. The van der Waals surface area contributed by atoms with Crippen LogP contribution in [0.5, 0.6) is 0 Å². The van der Waals surface area contributed by atoms with Crippen molar-refractivity contribution in [2.24, 2.45) is 0 Å². The summed E-state index contributed by atoms with van der Waals surface area (Å²) in [5.74, 6) is 0. The number of rotatable bonds is 2. The number of H-pyrrole nitrogens is 1. The average Bonchev–Trinajstić information content (AvgIpc) is 2.70. The second-order valence-electron chi connectivity index (χ2n) is 5.59. The van der Waals surface area contributed by atoms with Crippen LogP contribution < -0.4 is 5.56 Å². The highest BCUT2D eigenvalue weighted by atomic mass is 32.1. The second kappa shape index (κ2) is 5.64. The van der Waals surface area contributed by atoms with Crippen LogP contribution in [0.25, 0.3) is 10.2 Å². The van der Waals surface area contributed by atoms with Gasteiger partial charge >= 0.3 is 0 Å². The SMILES string of the molecule is Cc1sc2[nH]c(=S)n(CC3CN(C)CCO3)c(=O)c2c1C. The molecule has 3 rings (SSSR count). The minimum Gasteiger partial charge on any atom is -0.374 e. The first-order chi connectivity index (χ1) is 9.97. The maximum absolute atomic E-state index is 12.8. The van der Waals surface area contributed by atoms with E-state index in [4.69, 9.17) is 17.0 Å². The van der Waals surface area contributed by atoms with Gasteiger partial charge in [-0.05, 0) is 38.7 Å². The van der Waals surface area contributed by atoms with Crippen molar-refractivity contribution in [2.75, 3.05) is 26.7 Å². The second-order valence-corrected chi connectivity index (χ2v) is 7.20. The van der Waals surface area contributed by atoms with E-state index in [2.05, 4.69) is 16.9 Å². The fourth-order valence-electron chi connectivity index (χ4n) is 2.71. The summed E-state index contributed by atoms with van der Waals surface area (Å²) in [5, 5.41) is 0.760. The molecule has 2 aromatic rings. The molecular formula is C14H19N3O2S2. The Labute approximate surface area is 132 Å². The number of aryl methyl sites for hydroxylation is 2. The number of morpholine rings is 1. The molecule has 0 aliphatic carbocycles. The molecule has 1 unspecified atom stereocenters. The summed E-state index contributed by atoms with van der Waals surface area (Å²) >= 11 is 6.95. The molecular weight excluding hydrogens is 306 g/mol. The summed E-state index contributed by atoms with van der Waals surface area (Å²) in [6.07, 6.45) is 0.00837. The van der Waals surface area contributed by atoms with Gasteiger partial charge in [-0.1, -0.05) is 0 Å². The van der Waals surface area contributed by atoms with Gasteiger partial charge in [0.1, 0.15) is 4.83 Å². The zero-order valence-electron chi connectivity index (χ0n) is 12.4. The molecule has 114 valence electrons. The smallest absolute Gasteiger partial charge is 0.263 e. The number of likely N-dealkylation sites (N-methyl/N-ethyl adjacent to an activating group) is 1. The van der Waals surface area contributed by atoms with Gasteiger partial charge in [0.25, 0.3) is 5.56 Å². The minimum absolute atomic E-state index is 0.00701. The van der Waals surface area contributed by atoms with Crippen LogP contribution in [0.15, 0.2) is 4.79 Å². The zero-order valence-corrected chi connectivity index (χ0v) is 14.1. The van der Waals surface area contributed by atoms with Crippen molar-refractivity contribution in [1.29, 1.82) is 0 Å². The maximum Gasteiger partial charge on any atom is 0.263 e. The summed E-state index contributed by atoms with van der Waals surface area (Å²) < 4.78 is 7.87. The third-order valence-electron chi connectivity index (χ3n) is 4.04. The Morgan fingerprint density at radius 3 is 2.95 bits per heavy atom. The molecule has 5 nitrogen and oxygen atoms in total. The summed E-state index contributed by atoms with van der Waals surface area (Å²) in [4.78, 5) is 20.2. The Balaban J connectivity index is 2.04. The normalized spacial score (nSPS) is 20.2. The highest BCUT2D eigenvalue weighted by Crippen LogP contribution is 2.25.